The number of rotatable bonds is 3. The third-order valence-corrected chi connectivity index (χ3v) is 2.00. The van der Waals surface area contributed by atoms with Crippen molar-refractivity contribution in [1.82, 2.24) is 20.8 Å². The first-order chi connectivity index (χ1) is 7.69. The van der Waals surface area contributed by atoms with Gasteiger partial charge in [0.25, 0.3) is 0 Å². The van der Waals surface area contributed by atoms with Crippen molar-refractivity contribution in [3.8, 4) is 0 Å². The third kappa shape index (κ3) is 2.16. The molecule has 0 unspecified atom stereocenters. The number of nitrogens with zero attached hydrogens (tertiary/aromatic N) is 3. The maximum atomic E-state index is 11.1. The highest BCUT2D eigenvalue weighted by Crippen LogP contribution is 2.12. The Labute approximate surface area is 91.0 Å². The molecule has 0 bridgehead atoms. The highest BCUT2D eigenvalue weighted by Gasteiger charge is 2.26. The van der Waals surface area contributed by atoms with Gasteiger partial charge in [-0.1, -0.05) is 5.10 Å². The van der Waals surface area contributed by atoms with Crippen LogP contribution in [-0.2, 0) is 16.1 Å². The zero-order valence-electron chi connectivity index (χ0n) is 8.69. The third-order valence-electron chi connectivity index (χ3n) is 2.00. The second kappa shape index (κ2) is 4.27. The number of carbonyl (C=O) groups excluding carboxylic acids is 2. The molecular weight excluding hydrogens is 214 g/mol. The molecule has 1 aliphatic heterocycles. The first-order valence-electron chi connectivity index (χ1n) is 4.73. The van der Waals surface area contributed by atoms with Gasteiger partial charge in [0.05, 0.1) is 6.54 Å². The minimum absolute atomic E-state index is 0.0485. The van der Waals surface area contributed by atoms with Gasteiger partial charge in [0, 0.05) is 0 Å². The van der Waals surface area contributed by atoms with Crippen molar-refractivity contribution in [2.75, 3.05) is 25.0 Å². The Morgan fingerprint density at radius 2 is 2.06 bits per heavy atom. The first kappa shape index (κ1) is 10.6. The van der Waals surface area contributed by atoms with Gasteiger partial charge in [-0.15, -0.1) is 5.10 Å². The lowest BCUT2D eigenvalue weighted by Gasteiger charge is -2.22. The van der Waals surface area contributed by atoms with Gasteiger partial charge < -0.3 is 14.6 Å². The molecule has 1 aromatic rings. The van der Waals surface area contributed by atoms with E-state index in [9.17, 15) is 9.59 Å². The second-order valence-electron chi connectivity index (χ2n) is 3.34. The molecule has 2 heterocycles. The Morgan fingerprint density at radius 1 is 1.38 bits per heavy atom. The highest BCUT2D eigenvalue weighted by atomic mass is 16.4. The number of aromatic nitrogens is 2. The molecule has 0 radical (unpaired) electrons. The lowest BCUT2D eigenvalue weighted by Crippen LogP contribution is -2.51. The maximum absolute atomic E-state index is 11.1. The zero-order valence-corrected chi connectivity index (χ0v) is 8.69. The molecule has 16 heavy (non-hydrogen) atoms. The van der Waals surface area contributed by atoms with Crippen LogP contribution in [-0.4, -0.2) is 42.1 Å². The SMILES string of the molecule is CNCc1nnc(N2CC(=O)NC(=O)C2)o1. The molecule has 2 rings (SSSR count). The van der Waals surface area contributed by atoms with Crippen LogP contribution < -0.4 is 15.5 Å². The van der Waals surface area contributed by atoms with E-state index >= 15 is 0 Å². The molecule has 0 aliphatic carbocycles. The zero-order chi connectivity index (χ0) is 11.5. The van der Waals surface area contributed by atoms with Crippen molar-refractivity contribution in [3.05, 3.63) is 5.89 Å². The van der Waals surface area contributed by atoms with Crippen molar-refractivity contribution in [2.24, 2.45) is 0 Å². The molecule has 2 amide bonds. The summed E-state index contributed by atoms with van der Waals surface area (Å²) in [5, 5.41) is 12.6. The number of carbonyl (C=O) groups is 2. The van der Waals surface area contributed by atoms with Gasteiger partial charge in [0.15, 0.2) is 0 Å². The summed E-state index contributed by atoms with van der Waals surface area (Å²) in [5.74, 6) is -0.329. The molecule has 1 saturated heterocycles. The van der Waals surface area contributed by atoms with Crippen LogP contribution in [0.3, 0.4) is 0 Å². The van der Waals surface area contributed by atoms with Crippen LogP contribution in [0.4, 0.5) is 6.01 Å². The minimum Gasteiger partial charge on any atom is -0.407 e. The highest BCUT2D eigenvalue weighted by molar-refractivity contribution is 6.02. The van der Waals surface area contributed by atoms with Crippen LogP contribution in [0, 0.1) is 0 Å². The first-order valence-corrected chi connectivity index (χ1v) is 4.73. The summed E-state index contributed by atoms with van der Waals surface area (Å²) in [6, 6.07) is 0.188. The summed E-state index contributed by atoms with van der Waals surface area (Å²) in [7, 11) is 1.75. The van der Waals surface area contributed by atoms with E-state index in [1.807, 2.05) is 0 Å². The average molecular weight is 225 g/mol. The molecule has 1 fully saturated rings. The number of nitrogens with one attached hydrogen (secondary N) is 2. The Hall–Kier alpha value is -1.96. The smallest absolute Gasteiger partial charge is 0.319 e. The number of hydrogen-bond acceptors (Lipinski definition) is 7. The molecule has 86 valence electrons. The van der Waals surface area contributed by atoms with E-state index in [-0.39, 0.29) is 30.9 Å². The number of anilines is 1. The van der Waals surface area contributed by atoms with Crippen LogP contribution in [0.1, 0.15) is 5.89 Å². The summed E-state index contributed by atoms with van der Waals surface area (Å²) in [6.45, 7) is 0.542. The van der Waals surface area contributed by atoms with Crippen molar-refractivity contribution in [3.63, 3.8) is 0 Å². The van der Waals surface area contributed by atoms with Gasteiger partial charge in [0.1, 0.15) is 13.1 Å². The lowest BCUT2D eigenvalue weighted by atomic mass is 10.4. The fraction of sp³-hybridized carbons (Fsp3) is 0.500. The molecule has 0 saturated carbocycles. The van der Waals surface area contributed by atoms with Crippen molar-refractivity contribution in [1.29, 1.82) is 0 Å². The van der Waals surface area contributed by atoms with E-state index in [0.29, 0.717) is 12.4 Å². The molecule has 2 N–H and O–H groups in total. The van der Waals surface area contributed by atoms with E-state index in [1.165, 1.54) is 4.90 Å². The number of piperazine rings is 1. The molecule has 0 spiro atoms. The van der Waals surface area contributed by atoms with Gasteiger partial charge in [-0.2, -0.15) is 0 Å². The quantitative estimate of drug-likeness (QED) is 0.588. The Bertz CT molecular complexity index is 400. The van der Waals surface area contributed by atoms with Crippen molar-refractivity contribution < 1.29 is 14.0 Å². The standard InChI is InChI=1S/C8H11N5O3/c1-9-2-7-11-12-8(16-7)13-3-5(14)10-6(15)4-13/h9H,2-4H2,1H3,(H,10,14,15). The summed E-state index contributed by atoms with van der Waals surface area (Å²) in [6.07, 6.45) is 0. The van der Waals surface area contributed by atoms with Gasteiger partial charge in [-0.25, -0.2) is 0 Å². The summed E-state index contributed by atoms with van der Waals surface area (Å²) >= 11 is 0. The van der Waals surface area contributed by atoms with Gasteiger partial charge in [0.2, 0.25) is 17.7 Å². The number of amides is 2. The maximum Gasteiger partial charge on any atom is 0.319 e. The Balaban J connectivity index is 2.10. The summed E-state index contributed by atoms with van der Waals surface area (Å²) < 4.78 is 5.27. The van der Waals surface area contributed by atoms with Gasteiger partial charge in [-0.05, 0) is 7.05 Å². The average Bonchev–Trinajstić information content (AvgIpc) is 2.65. The molecule has 0 atom stereocenters. The number of hydrogen-bond donors (Lipinski definition) is 2. The van der Waals surface area contributed by atoms with Crippen molar-refractivity contribution in [2.45, 2.75) is 6.54 Å². The van der Waals surface area contributed by atoms with Gasteiger partial charge in [-0.3, -0.25) is 14.9 Å². The molecule has 1 aromatic heterocycles. The molecule has 1 aliphatic rings. The normalized spacial score (nSPS) is 16.4. The molecule has 0 aromatic carbocycles. The predicted octanol–water partition coefficient (Wildman–Crippen LogP) is -1.75. The summed E-state index contributed by atoms with van der Waals surface area (Å²) in [5.41, 5.74) is 0. The van der Waals surface area contributed by atoms with Crippen LogP contribution in [0.2, 0.25) is 0 Å². The van der Waals surface area contributed by atoms with Gasteiger partial charge >= 0.3 is 6.01 Å². The largest absolute Gasteiger partial charge is 0.407 e. The predicted molar refractivity (Wildman–Crippen MR) is 52.4 cm³/mol. The van der Waals surface area contributed by atoms with E-state index < -0.39 is 0 Å². The van der Waals surface area contributed by atoms with Crippen LogP contribution >= 0.6 is 0 Å². The molecule has 8 nitrogen and oxygen atoms in total. The van der Waals surface area contributed by atoms with E-state index in [0.717, 1.165) is 0 Å². The number of imide groups is 1. The molecule has 8 heteroatoms. The Morgan fingerprint density at radius 3 is 2.69 bits per heavy atom. The van der Waals surface area contributed by atoms with Crippen LogP contribution in [0.5, 0.6) is 0 Å². The van der Waals surface area contributed by atoms with Crippen LogP contribution in [0.15, 0.2) is 4.42 Å². The minimum atomic E-state index is -0.371. The second-order valence-corrected chi connectivity index (χ2v) is 3.34. The van der Waals surface area contributed by atoms with E-state index in [4.69, 9.17) is 4.42 Å². The fourth-order valence-corrected chi connectivity index (χ4v) is 1.37. The van der Waals surface area contributed by atoms with E-state index in [1.54, 1.807) is 7.05 Å². The van der Waals surface area contributed by atoms with E-state index in [2.05, 4.69) is 20.8 Å². The fourth-order valence-electron chi connectivity index (χ4n) is 1.37. The summed E-state index contributed by atoms with van der Waals surface area (Å²) in [4.78, 5) is 23.7. The lowest BCUT2D eigenvalue weighted by molar-refractivity contribution is -0.130. The monoisotopic (exact) mass is 225 g/mol. The molecular formula is C8H11N5O3. The Kier molecular flexibility index (Phi) is 2.82. The topological polar surface area (TPSA) is 100 Å². The van der Waals surface area contributed by atoms with Crippen LogP contribution in [0.25, 0.3) is 0 Å². The van der Waals surface area contributed by atoms with Crippen molar-refractivity contribution >= 4 is 17.8 Å².